The molecule has 6 heteroatoms. The van der Waals surface area contributed by atoms with E-state index < -0.39 is 18.2 Å². The van der Waals surface area contributed by atoms with E-state index in [0.29, 0.717) is 19.3 Å². The quantitative estimate of drug-likeness (QED) is 0.0321. The maximum absolute atomic E-state index is 13.2. The SMILES string of the molecule is CCCCC/C=C\C/C=C\C/C=C\CCCCC(CC(=O)NC(CO)C(O)CCCCCCCCCCCCC)OC(=O)CCCCCCCCCCC/C=C/CCCCCCCC. The molecule has 0 bridgehead atoms. The van der Waals surface area contributed by atoms with E-state index in [4.69, 9.17) is 4.74 Å². The first-order valence-electron chi connectivity index (χ1n) is 27.9. The molecule has 64 heavy (non-hydrogen) atoms. The number of nitrogens with one attached hydrogen (secondary N) is 1. The zero-order valence-electron chi connectivity index (χ0n) is 42.7. The van der Waals surface area contributed by atoms with Gasteiger partial charge in [0, 0.05) is 6.42 Å². The molecule has 0 fully saturated rings. The predicted octanol–water partition coefficient (Wildman–Crippen LogP) is 17.0. The highest BCUT2D eigenvalue weighted by Gasteiger charge is 2.24. The van der Waals surface area contributed by atoms with Crippen molar-refractivity contribution >= 4 is 11.9 Å². The van der Waals surface area contributed by atoms with Gasteiger partial charge in [-0.3, -0.25) is 9.59 Å². The Hall–Kier alpha value is -2.18. The second-order valence-electron chi connectivity index (χ2n) is 19.0. The number of ether oxygens (including phenoxy) is 1. The highest BCUT2D eigenvalue weighted by Crippen LogP contribution is 2.18. The molecule has 0 aliphatic rings. The van der Waals surface area contributed by atoms with Crippen LogP contribution in [0, 0.1) is 0 Å². The largest absolute Gasteiger partial charge is 0.462 e. The van der Waals surface area contributed by atoms with E-state index in [2.05, 4.69) is 74.7 Å². The van der Waals surface area contributed by atoms with Gasteiger partial charge in [-0.25, -0.2) is 0 Å². The topological polar surface area (TPSA) is 95.9 Å². The number of aliphatic hydroxyl groups is 2. The van der Waals surface area contributed by atoms with Crippen molar-refractivity contribution in [1.82, 2.24) is 5.32 Å². The third-order valence-electron chi connectivity index (χ3n) is 12.6. The molecule has 0 saturated heterocycles. The number of allylic oxidation sites excluding steroid dienone is 8. The van der Waals surface area contributed by atoms with Gasteiger partial charge in [-0.1, -0.05) is 230 Å². The molecular weight excluding hydrogens is 791 g/mol. The molecule has 3 unspecified atom stereocenters. The number of esters is 1. The maximum atomic E-state index is 13.2. The molecule has 0 saturated carbocycles. The Balaban J connectivity index is 4.58. The van der Waals surface area contributed by atoms with Crippen LogP contribution in [0.3, 0.4) is 0 Å². The van der Waals surface area contributed by atoms with Crippen LogP contribution < -0.4 is 5.32 Å². The first-order chi connectivity index (χ1) is 31.5. The molecule has 0 heterocycles. The third-order valence-corrected chi connectivity index (χ3v) is 12.6. The van der Waals surface area contributed by atoms with Crippen LogP contribution in [0.2, 0.25) is 0 Å². The van der Waals surface area contributed by atoms with Crippen LogP contribution in [-0.4, -0.2) is 46.9 Å². The first kappa shape index (κ1) is 61.8. The van der Waals surface area contributed by atoms with E-state index in [-0.39, 0.29) is 24.9 Å². The van der Waals surface area contributed by atoms with Crippen LogP contribution in [0.4, 0.5) is 0 Å². The van der Waals surface area contributed by atoms with Crippen molar-refractivity contribution in [3.05, 3.63) is 48.6 Å². The zero-order valence-corrected chi connectivity index (χ0v) is 42.7. The van der Waals surface area contributed by atoms with Gasteiger partial charge in [0.15, 0.2) is 0 Å². The summed E-state index contributed by atoms with van der Waals surface area (Å²) in [5.41, 5.74) is 0. The molecule has 0 spiro atoms. The summed E-state index contributed by atoms with van der Waals surface area (Å²) in [7, 11) is 0. The number of hydrogen-bond acceptors (Lipinski definition) is 5. The van der Waals surface area contributed by atoms with Crippen molar-refractivity contribution in [3.63, 3.8) is 0 Å². The molecule has 0 aromatic rings. The number of carbonyl (C=O) groups excluding carboxylic acids is 2. The maximum Gasteiger partial charge on any atom is 0.306 e. The fourth-order valence-corrected chi connectivity index (χ4v) is 8.37. The van der Waals surface area contributed by atoms with Crippen molar-refractivity contribution in [1.29, 1.82) is 0 Å². The third kappa shape index (κ3) is 46.4. The standard InChI is InChI=1S/C58H107NO5/c1-4-7-10-13-16-19-22-24-26-27-28-29-31-33-36-39-42-45-48-51-58(63)64-54(49-46-43-40-37-35-32-30-25-23-20-17-14-11-8-5-2)52-57(62)59-55(53-60)56(61)50-47-44-41-38-34-21-18-15-12-9-6-3/h17,20,24-26,30,35,37,54-56,60-61H,4-16,18-19,21-23,27-29,31-34,36,38-53H2,1-3H3,(H,59,62)/b20-17-,26-24+,30-25-,37-35-. The minimum atomic E-state index is -0.797. The van der Waals surface area contributed by atoms with E-state index in [1.54, 1.807) is 0 Å². The van der Waals surface area contributed by atoms with Crippen LogP contribution in [0.15, 0.2) is 48.6 Å². The molecule has 0 aromatic heterocycles. The van der Waals surface area contributed by atoms with Gasteiger partial charge in [0.05, 0.1) is 25.2 Å². The van der Waals surface area contributed by atoms with Gasteiger partial charge < -0.3 is 20.3 Å². The van der Waals surface area contributed by atoms with Crippen molar-refractivity contribution in [2.75, 3.05) is 6.61 Å². The minimum Gasteiger partial charge on any atom is -0.462 e. The highest BCUT2D eigenvalue weighted by molar-refractivity contribution is 5.77. The predicted molar refractivity (Wildman–Crippen MR) is 278 cm³/mol. The summed E-state index contributed by atoms with van der Waals surface area (Å²) < 4.78 is 5.93. The van der Waals surface area contributed by atoms with E-state index >= 15 is 0 Å². The molecule has 0 radical (unpaired) electrons. The lowest BCUT2D eigenvalue weighted by Crippen LogP contribution is -2.46. The number of unbranched alkanes of at least 4 members (excludes halogenated alkanes) is 30. The van der Waals surface area contributed by atoms with Gasteiger partial charge in [0.25, 0.3) is 0 Å². The van der Waals surface area contributed by atoms with E-state index in [0.717, 1.165) is 70.6 Å². The Morgan fingerprint density at radius 1 is 0.453 bits per heavy atom. The molecule has 0 aromatic carbocycles. The molecule has 0 aliphatic heterocycles. The van der Waals surface area contributed by atoms with Crippen LogP contribution in [0.1, 0.15) is 284 Å². The summed E-state index contributed by atoms with van der Waals surface area (Å²) in [5, 5.41) is 23.8. The second kappa shape index (κ2) is 51.8. The van der Waals surface area contributed by atoms with Crippen molar-refractivity contribution in [3.8, 4) is 0 Å². The van der Waals surface area contributed by atoms with E-state index in [1.807, 2.05) is 0 Å². The van der Waals surface area contributed by atoms with E-state index in [9.17, 15) is 19.8 Å². The van der Waals surface area contributed by atoms with Gasteiger partial charge >= 0.3 is 5.97 Å². The Bertz CT molecular complexity index is 1100. The average molecular weight is 898 g/mol. The second-order valence-corrected chi connectivity index (χ2v) is 19.0. The molecule has 374 valence electrons. The van der Waals surface area contributed by atoms with E-state index in [1.165, 1.54) is 167 Å². The Morgan fingerprint density at radius 2 is 0.797 bits per heavy atom. The summed E-state index contributed by atoms with van der Waals surface area (Å²) in [6.45, 7) is 6.45. The summed E-state index contributed by atoms with van der Waals surface area (Å²) in [6.07, 6.45) is 63.2. The smallest absolute Gasteiger partial charge is 0.306 e. The lowest BCUT2D eigenvalue weighted by atomic mass is 10.0. The number of rotatable bonds is 50. The lowest BCUT2D eigenvalue weighted by Gasteiger charge is -2.24. The van der Waals surface area contributed by atoms with Gasteiger partial charge in [0.2, 0.25) is 5.91 Å². The molecule has 0 rings (SSSR count). The monoisotopic (exact) mass is 898 g/mol. The molecule has 3 atom stereocenters. The van der Waals surface area contributed by atoms with Crippen LogP contribution >= 0.6 is 0 Å². The van der Waals surface area contributed by atoms with Crippen LogP contribution in [-0.2, 0) is 14.3 Å². The summed E-state index contributed by atoms with van der Waals surface area (Å²) in [6, 6.07) is -0.713. The molecule has 0 aliphatic carbocycles. The van der Waals surface area contributed by atoms with Crippen LogP contribution in [0.5, 0.6) is 0 Å². The normalized spacial score (nSPS) is 13.5. The van der Waals surface area contributed by atoms with Crippen LogP contribution in [0.25, 0.3) is 0 Å². The number of carbonyl (C=O) groups is 2. The van der Waals surface area contributed by atoms with Gasteiger partial charge in [-0.15, -0.1) is 0 Å². The average Bonchev–Trinajstić information content (AvgIpc) is 3.29. The molecule has 6 nitrogen and oxygen atoms in total. The fourth-order valence-electron chi connectivity index (χ4n) is 8.37. The number of aliphatic hydroxyl groups excluding tert-OH is 2. The van der Waals surface area contributed by atoms with Crippen molar-refractivity contribution < 1.29 is 24.5 Å². The fraction of sp³-hybridized carbons (Fsp3) is 0.828. The first-order valence-corrected chi connectivity index (χ1v) is 27.9. The number of hydrogen-bond donors (Lipinski definition) is 3. The van der Waals surface area contributed by atoms with Crippen molar-refractivity contribution in [2.24, 2.45) is 0 Å². The van der Waals surface area contributed by atoms with Gasteiger partial charge in [0.1, 0.15) is 6.10 Å². The van der Waals surface area contributed by atoms with Gasteiger partial charge in [-0.2, -0.15) is 0 Å². The molecule has 3 N–H and O–H groups in total. The number of amides is 1. The molecule has 1 amide bonds. The van der Waals surface area contributed by atoms with Gasteiger partial charge in [-0.05, 0) is 89.9 Å². The highest BCUT2D eigenvalue weighted by atomic mass is 16.5. The van der Waals surface area contributed by atoms with Crippen molar-refractivity contribution in [2.45, 2.75) is 302 Å². The summed E-state index contributed by atoms with van der Waals surface area (Å²) in [5.74, 6) is -0.506. The Labute approximate surface area is 397 Å². The summed E-state index contributed by atoms with van der Waals surface area (Å²) in [4.78, 5) is 26.2. The lowest BCUT2D eigenvalue weighted by molar-refractivity contribution is -0.151. The Morgan fingerprint density at radius 3 is 1.27 bits per heavy atom. The molecular formula is C58H107NO5. The Kier molecular flexibility index (Phi) is 50.0. The minimum absolute atomic E-state index is 0.0522. The summed E-state index contributed by atoms with van der Waals surface area (Å²) >= 11 is 0. The zero-order chi connectivity index (χ0) is 46.7.